The van der Waals surface area contributed by atoms with Crippen molar-refractivity contribution >= 4 is 34.7 Å². The number of ether oxygens (including phenoxy) is 1. The summed E-state index contributed by atoms with van der Waals surface area (Å²) < 4.78 is 10.1. The third-order valence-corrected chi connectivity index (χ3v) is 5.13. The first-order valence-corrected chi connectivity index (χ1v) is 10.3. The molecule has 0 fully saturated rings. The first-order valence-electron chi connectivity index (χ1n) is 9.39. The molecule has 0 spiro atoms. The normalized spacial score (nSPS) is 10.4. The lowest BCUT2D eigenvalue weighted by Gasteiger charge is -2.18. The summed E-state index contributed by atoms with van der Waals surface area (Å²) in [4.78, 5) is 14.3. The number of hydrogen-bond acceptors (Lipinski definition) is 6. The fraction of sp³-hybridized carbons (Fsp3) is 0.174. The fourth-order valence-corrected chi connectivity index (χ4v) is 3.40. The van der Waals surface area contributed by atoms with E-state index in [1.165, 1.54) is 11.9 Å². The maximum absolute atomic E-state index is 12.5. The van der Waals surface area contributed by atoms with E-state index in [0.29, 0.717) is 5.69 Å². The van der Waals surface area contributed by atoms with Crippen molar-refractivity contribution in [2.24, 2.45) is 7.05 Å². The van der Waals surface area contributed by atoms with Crippen LogP contribution in [-0.4, -0.2) is 25.8 Å². The Morgan fingerprint density at radius 3 is 2.43 bits per heavy atom. The third kappa shape index (κ3) is 4.80. The Morgan fingerprint density at radius 2 is 1.80 bits per heavy atom. The summed E-state index contributed by atoms with van der Waals surface area (Å²) in [5, 5.41) is 5.21. The van der Waals surface area contributed by atoms with Crippen molar-refractivity contribution in [2.75, 3.05) is 36.1 Å². The number of benzene rings is 2. The number of anilines is 4. The lowest BCUT2D eigenvalue weighted by Crippen LogP contribution is -2.25. The van der Waals surface area contributed by atoms with E-state index >= 15 is 0 Å². The number of nitrogens with zero attached hydrogens (tertiary/aromatic N) is 2. The monoisotopic (exact) mass is 422 g/mol. The van der Waals surface area contributed by atoms with Crippen LogP contribution in [0.1, 0.15) is 0 Å². The maximum Gasteiger partial charge on any atom is 0.273 e. The summed E-state index contributed by atoms with van der Waals surface area (Å²) >= 11 is 1.41. The Hall–Kier alpha value is -3.32. The molecule has 0 aliphatic rings. The highest BCUT2D eigenvalue weighted by molar-refractivity contribution is 8.03. The van der Waals surface area contributed by atoms with E-state index in [-0.39, 0.29) is 5.56 Å². The van der Waals surface area contributed by atoms with Crippen LogP contribution in [0.25, 0.3) is 11.1 Å². The third-order valence-electron chi connectivity index (χ3n) is 4.61. The van der Waals surface area contributed by atoms with Gasteiger partial charge >= 0.3 is 0 Å². The van der Waals surface area contributed by atoms with Gasteiger partial charge in [0.15, 0.2) is 0 Å². The summed E-state index contributed by atoms with van der Waals surface area (Å²) in [5.74, 6) is 0.801. The molecule has 3 aromatic rings. The van der Waals surface area contributed by atoms with Crippen molar-refractivity contribution in [1.82, 2.24) is 4.57 Å². The van der Waals surface area contributed by atoms with Gasteiger partial charge in [-0.2, -0.15) is 0 Å². The molecular formula is C23H26N4O2S. The minimum absolute atomic E-state index is 0.0371. The highest BCUT2D eigenvalue weighted by atomic mass is 32.2. The zero-order valence-corrected chi connectivity index (χ0v) is 18.4. The van der Waals surface area contributed by atoms with Crippen LogP contribution in [0.2, 0.25) is 0 Å². The predicted molar refractivity (Wildman–Crippen MR) is 129 cm³/mol. The van der Waals surface area contributed by atoms with E-state index < -0.39 is 0 Å². The minimum Gasteiger partial charge on any atom is -0.497 e. The van der Waals surface area contributed by atoms with Crippen molar-refractivity contribution in [3.8, 4) is 16.9 Å². The zero-order chi connectivity index (χ0) is 21.7. The average molecular weight is 423 g/mol. The largest absolute Gasteiger partial charge is 0.497 e. The van der Waals surface area contributed by atoms with Crippen LogP contribution in [0.5, 0.6) is 5.75 Å². The van der Waals surface area contributed by atoms with Gasteiger partial charge in [-0.15, -0.1) is 0 Å². The molecule has 0 atom stereocenters. The van der Waals surface area contributed by atoms with E-state index in [4.69, 9.17) is 4.74 Å². The first kappa shape index (κ1) is 21.4. The van der Waals surface area contributed by atoms with Gasteiger partial charge in [0.1, 0.15) is 11.4 Å². The van der Waals surface area contributed by atoms with Gasteiger partial charge < -0.3 is 24.2 Å². The van der Waals surface area contributed by atoms with E-state index in [2.05, 4.69) is 22.7 Å². The number of aromatic nitrogens is 1. The summed E-state index contributed by atoms with van der Waals surface area (Å²) in [6, 6.07) is 15.8. The van der Waals surface area contributed by atoms with Gasteiger partial charge in [0.2, 0.25) is 0 Å². The Balaban J connectivity index is 2.09. The molecule has 1 aromatic heterocycles. The molecule has 0 aliphatic carbocycles. The van der Waals surface area contributed by atoms with Gasteiger partial charge in [-0.1, -0.05) is 6.58 Å². The molecule has 6 nitrogen and oxygen atoms in total. The molecule has 3 rings (SSSR count). The second-order valence-corrected chi connectivity index (χ2v) is 7.70. The average Bonchev–Trinajstić information content (AvgIpc) is 2.75. The standard InChI is InChI=1S/C23H26N4O2S/c1-6-30-25-18-9-12-21(24-17-7-10-19(29-5)11-8-17)20(14-18)16-13-22(26(2)3)23(28)27(4)15-16/h6-15,24-25H,1H2,2-5H3. The number of aryl methyl sites for hydroxylation is 1. The van der Waals surface area contributed by atoms with E-state index in [0.717, 1.165) is 33.9 Å². The SMILES string of the molecule is C=CSNc1ccc(Nc2ccc(OC)cc2)c(-c2cc(N(C)C)c(=O)n(C)c2)c1. The van der Waals surface area contributed by atoms with Gasteiger partial charge in [0, 0.05) is 55.5 Å². The molecule has 2 N–H and O–H groups in total. The lowest BCUT2D eigenvalue weighted by molar-refractivity contribution is 0.415. The second kappa shape index (κ2) is 9.45. The lowest BCUT2D eigenvalue weighted by atomic mass is 10.0. The fourth-order valence-electron chi connectivity index (χ4n) is 3.06. The smallest absolute Gasteiger partial charge is 0.273 e. The van der Waals surface area contributed by atoms with Gasteiger partial charge in [-0.25, -0.2) is 0 Å². The van der Waals surface area contributed by atoms with Gasteiger partial charge in [0.25, 0.3) is 5.56 Å². The molecule has 7 heteroatoms. The predicted octanol–water partition coefficient (Wildman–Crippen LogP) is 5.07. The van der Waals surface area contributed by atoms with Crippen molar-refractivity contribution < 1.29 is 4.74 Å². The Labute approximate surface area is 181 Å². The highest BCUT2D eigenvalue weighted by Crippen LogP contribution is 2.34. The van der Waals surface area contributed by atoms with Crippen LogP contribution >= 0.6 is 11.9 Å². The molecule has 0 saturated carbocycles. The van der Waals surface area contributed by atoms with Crippen molar-refractivity contribution in [1.29, 1.82) is 0 Å². The molecule has 0 radical (unpaired) electrons. The molecule has 2 aromatic carbocycles. The summed E-state index contributed by atoms with van der Waals surface area (Å²) in [7, 11) is 7.16. The number of rotatable bonds is 8. The van der Waals surface area contributed by atoms with Crippen LogP contribution in [0.4, 0.5) is 22.7 Å². The molecule has 0 aliphatic heterocycles. The van der Waals surface area contributed by atoms with Gasteiger partial charge in [-0.05, 0) is 65.9 Å². The number of pyridine rings is 1. The minimum atomic E-state index is -0.0371. The van der Waals surface area contributed by atoms with Crippen LogP contribution in [-0.2, 0) is 7.05 Å². The molecular weight excluding hydrogens is 396 g/mol. The van der Waals surface area contributed by atoms with Gasteiger partial charge in [0.05, 0.1) is 7.11 Å². The molecule has 0 saturated heterocycles. The number of nitrogens with one attached hydrogen (secondary N) is 2. The van der Waals surface area contributed by atoms with Crippen molar-refractivity contribution in [3.63, 3.8) is 0 Å². The molecule has 156 valence electrons. The van der Waals surface area contributed by atoms with Crippen molar-refractivity contribution in [3.05, 3.63) is 77.1 Å². The molecule has 0 amide bonds. The molecule has 30 heavy (non-hydrogen) atoms. The Bertz CT molecular complexity index is 1090. The Kier molecular flexibility index (Phi) is 6.74. The second-order valence-electron chi connectivity index (χ2n) is 6.92. The van der Waals surface area contributed by atoms with Crippen LogP contribution in [0, 0.1) is 0 Å². The Morgan fingerprint density at radius 1 is 1.10 bits per heavy atom. The molecule has 0 unspecified atom stereocenters. The van der Waals surface area contributed by atoms with Crippen molar-refractivity contribution in [2.45, 2.75) is 0 Å². The molecule has 0 bridgehead atoms. The summed E-state index contributed by atoms with van der Waals surface area (Å²) in [6.45, 7) is 3.73. The molecule has 1 heterocycles. The zero-order valence-electron chi connectivity index (χ0n) is 17.6. The van der Waals surface area contributed by atoms with Crippen LogP contribution < -0.4 is 25.2 Å². The number of hydrogen-bond donors (Lipinski definition) is 2. The quantitative estimate of drug-likeness (QED) is 0.494. The highest BCUT2D eigenvalue weighted by Gasteiger charge is 2.13. The first-order chi connectivity index (χ1) is 14.4. The number of methoxy groups -OCH3 is 1. The summed E-state index contributed by atoms with van der Waals surface area (Å²) in [5.41, 5.74) is 5.31. The van der Waals surface area contributed by atoms with E-state index in [1.807, 2.05) is 67.7 Å². The summed E-state index contributed by atoms with van der Waals surface area (Å²) in [6.07, 6.45) is 1.86. The topological polar surface area (TPSA) is 58.5 Å². The van der Waals surface area contributed by atoms with Crippen LogP contribution in [0.3, 0.4) is 0 Å². The maximum atomic E-state index is 12.5. The van der Waals surface area contributed by atoms with Crippen LogP contribution in [0.15, 0.2) is 71.5 Å². The van der Waals surface area contributed by atoms with E-state index in [9.17, 15) is 4.79 Å². The van der Waals surface area contributed by atoms with E-state index in [1.54, 1.807) is 24.1 Å². The van der Waals surface area contributed by atoms with Gasteiger partial charge in [-0.3, -0.25) is 4.79 Å².